The predicted octanol–water partition coefficient (Wildman–Crippen LogP) is 1.98. The maximum Gasteiger partial charge on any atom is 0.227 e. The molecule has 122 valence electrons. The number of nitrogens with one attached hydrogen (secondary N) is 1. The molecule has 3 rings (SSSR count). The van der Waals surface area contributed by atoms with Gasteiger partial charge in [-0.2, -0.15) is 0 Å². The van der Waals surface area contributed by atoms with Crippen LogP contribution in [0, 0.1) is 5.92 Å². The van der Waals surface area contributed by atoms with Gasteiger partial charge < -0.3 is 14.8 Å². The number of para-hydroxylation sites is 1. The zero-order valence-electron chi connectivity index (χ0n) is 13.2. The van der Waals surface area contributed by atoms with Crippen molar-refractivity contribution in [3.63, 3.8) is 0 Å². The summed E-state index contributed by atoms with van der Waals surface area (Å²) >= 11 is 1.53. The van der Waals surface area contributed by atoms with Crippen LogP contribution in [0.15, 0.2) is 18.2 Å². The molecule has 0 aliphatic carbocycles. The van der Waals surface area contributed by atoms with Gasteiger partial charge in [0.05, 0.1) is 19.6 Å². The SMILES string of the molecule is CCc1nnc(CNC(=O)C2COc3c(cccc3OC)C2)s1. The highest BCUT2D eigenvalue weighted by Gasteiger charge is 2.27. The lowest BCUT2D eigenvalue weighted by molar-refractivity contribution is -0.126. The average Bonchev–Trinajstić information content (AvgIpc) is 3.06. The van der Waals surface area contributed by atoms with E-state index in [-0.39, 0.29) is 11.8 Å². The summed E-state index contributed by atoms with van der Waals surface area (Å²) in [6.45, 7) is 2.81. The van der Waals surface area contributed by atoms with E-state index in [1.807, 2.05) is 25.1 Å². The number of fused-ring (bicyclic) bond motifs is 1. The first kappa shape index (κ1) is 15.7. The van der Waals surface area contributed by atoms with Gasteiger partial charge in [-0.3, -0.25) is 4.79 Å². The van der Waals surface area contributed by atoms with Crippen LogP contribution in [-0.4, -0.2) is 29.8 Å². The van der Waals surface area contributed by atoms with Crippen LogP contribution >= 0.6 is 11.3 Å². The molecular weight excluding hydrogens is 314 g/mol. The molecule has 1 N–H and O–H groups in total. The second-order valence-corrected chi connectivity index (χ2v) is 6.47. The summed E-state index contributed by atoms with van der Waals surface area (Å²) in [4.78, 5) is 12.3. The number of amides is 1. The standard InChI is InChI=1S/C16H19N3O3S/c1-3-13-18-19-14(23-13)8-17-16(20)11-7-10-5-4-6-12(21-2)15(10)22-9-11/h4-6,11H,3,7-9H2,1-2H3,(H,17,20). The Morgan fingerprint density at radius 1 is 1.43 bits per heavy atom. The fourth-order valence-electron chi connectivity index (χ4n) is 2.53. The predicted molar refractivity (Wildman–Crippen MR) is 86.8 cm³/mol. The van der Waals surface area contributed by atoms with Crippen molar-refractivity contribution in [3.8, 4) is 11.5 Å². The van der Waals surface area contributed by atoms with Gasteiger partial charge in [-0.25, -0.2) is 0 Å². The van der Waals surface area contributed by atoms with E-state index in [1.54, 1.807) is 7.11 Å². The van der Waals surface area contributed by atoms with Gasteiger partial charge >= 0.3 is 0 Å². The number of aryl methyl sites for hydroxylation is 1. The molecular formula is C16H19N3O3S. The minimum atomic E-state index is -0.201. The maximum absolute atomic E-state index is 12.3. The molecule has 2 aromatic rings. The number of carbonyl (C=O) groups is 1. The van der Waals surface area contributed by atoms with Crippen LogP contribution in [-0.2, 0) is 24.2 Å². The van der Waals surface area contributed by atoms with Gasteiger partial charge in [-0.05, 0) is 24.5 Å². The van der Waals surface area contributed by atoms with E-state index in [2.05, 4.69) is 15.5 Å². The van der Waals surface area contributed by atoms with E-state index in [4.69, 9.17) is 9.47 Å². The summed E-state index contributed by atoms with van der Waals surface area (Å²) in [5.41, 5.74) is 1.000. The second-order valence-electron chi connectivity index (χ2n) is 5.32. The molecule has 2 heterocycles. The lowest BCUT2D eigenvalue weighted by Crippen LogP contribution is -2.37. The van der Waals surface area contributed by atoms with Gasteiger partial charge in [-0.15, -0.1) is 10.2 Å². The monoisotopic (exact) mass is 333 g/mol. The van der Waals surface area contributed by atoms with E-state index in [9.17, 15) is 4.79 Å². The molecule has 1 aliphatic rings. The molecule has 1 amide bonds. The first-order valence-electron chi connectivity index (χ1n) is 7.59. The van der Waals surface area contributed by atoms with Gasteiger partial charge in [0.15, 0.2) is 11.5 Å². The van der Waals surface area contributed by atoms with E-state index in [1.165, 1.54) is 11.3 Å². The molecule has 1 aromatic heterocycles. The molecule has 0 saturated heterocycles. The topological polar surface area (TPSA) is 73.3 Å². The summed E-state index contributed by atoms with van der Waals surface area (Å²) in [5, 5.41) is 12.9. The Bertz CT molecular complexity index is 702. The molecule has 0 bridgehead atoms. The van der Waals surface area contributed by atoms with Gasteiger partial charge in [0.25, 0.3) is 0 Å². The number of aromatic nitrogens is 2. The summed E-state index contributed by atoms with van der Waals surface area (Å²) in [7, 11) is 1.62. The van der Waals surface area contributed by atoms with Crippen LogP contribution in [0.1, 0.15) is 22.5 Å². The first-order chi connectivity index (χ1) is 11.2. The Labute approximate surface area is 138 Å². The zero-order chi connectivity index (χ0) is 16.2. The third-order valence-corrected chi connectivity index (χ3v) is 4.84. The van der Waals surface area contributed by atoms with Crippen LogP contribution in [0.4, 0.5) is 0 Å². The summed E-state index contributed by atoms with van der Waals surface area (Å²) in [6.07, 6.45) is 1.51. The van der Waals surface area contributed by atoms with Crippen molar-refractivity contribution >= 4 is 17.2 Å². The Kier molecular flexibility index (Phi) is 4.76. The summed E-state index contributed by atoms with van der Waals surface area (Å²) in [6, 6.07) is 5.74. The quantitative estimate of drug-likeness (QED) is 0.906. The van der Waals surface area contributed by atoms with Crippen molar-refractivity contribution in [1.82, 2.24) is 15.5 Å². The lowest BCUT2D eigenvalue weighted by Gasteiger charge is -2.25. The number of methoxy groups -OCH3 is 1. The van der Waals surface area contributed by atoms with Crippen molar-refractivity contribution in [2.75, 3.05) is 13.7 Å². The molecule has 0 spiro atoms. The van der Waals surface area contributed by atoms with E-state index >= 15 is 0 Å². The van der Waals surface area contributed by atoms with Gasteiger partial charge in [-0.1, -0.05) is 30.4 Å². The average molecular weight is 333 g/mol. The molecule has 1 unspecified atom stereocenters. The van der Waals surface area contributed by atoms with E-state index in [0.29, 0.717) is 25.3 Å². The van der Waals surface area contributed by atoms with E-state index < -0.39 is 0 Å². The number of hydrogen-bond donors (Lipinski definition) is 1. The van der Waals surface area contributed by atoms with Gasteiger partial charge in [0, 0.05) is 0 Å². The normalized spacial score (nSPS) is 16.3. The van der Waals surface area contributed by atoms with Gasteiger partial charge in [0.2, 0.25) is 5.91 Å². The van der Waals surface area contributed by atoms with Crippen molar-refractivity contribution < 1.29 is 14.3 Å². The van der Waals surface area contributed by atoms with Crippen molar-refractivity contribution in [2.45, 2.75) is 26.3 Å². The number of carbonyl (C=O) groups excluding carboxylic acids is 1. The minimum Gasteiger partial charge on any atom is -0.493 e. The maximum atomic E-state index is 12.3. The van der Waals surface area contributed by atoms with Crippen LogP contribution < -0.4 is 14.8 Å². The van der Waals surface area contributed by atoms with Crippen molar-refractivity contribution in [1.29, 1.82) is 0 Å². The van der Waals surface area contributed by atoms with Crippen LogP contribution in [0.3, 0.4) is 0 Å². The van der Waals surface area contributed by atoms with Crippen LogP contribution in [0.5, 0.6) is 11.5 Å². The number of hydrogen-bond acceptors (Lipinski definition) is 6. The van der Waals surface area contributed by atoms with Gasteiger partial charge in [0.1, 0.15) is 16.6 Å². The zero-order valence-corrected chi connectivity index (χ0v) is 14.0. The lowest BCUT2D eigenvalue weighted by atomic mass is 9.95. The number of nitrogens with zero attached hydrogens (tertiary/aromatic N) is 2. The van der Waals surface area contributed by atoms with Crippen LogP contribution in [0.25, 0.3) is 0 Å². The Balaban J connectivity index is 1.60. The van der Waals surface area contributed by atoms with E-state index in [0.717, 1.165) is 27.7 Å². The second kappa shape index (κ2) is 6.95. The van der Waals surface area contributed by atoms with Crippen LogP contribution in [0.2, 0.25) is 0 Å². The Morgan fingerprint density at radius 3 is 3.00 bits per heavy atom. The highest BCUT2D eigenvalue weighted by Crippen LogP contribution is 2.36. The minimum absolute atomic E-state index is 0.0216. The van der Waals surface area contributed by atoms with Crippen molar-refractivity contribution in [2.24, 2.45) is 5.92 Å². The fourth-order valence-corrected chi connectivity index (χ4v) is 3.26. The Hall–Kier alpha value is -2.15. The smallest absolute Gasteiger partial charge is 0.227 e. The highest BCUT2D eigenvalue weighted by atomic mass is 32.1. The number of rotatable bonds is 5. The third kappa shape index (κ3) is 3.44. The highest BCUT2D eigenvalue weighted by molar-refractivity contribution is 7.11. The molecule has 23 heavy (non-hydrogen) atoms. The molecule has 1 atom stereocenters. The number of benzene rings is 1. The summed E-state index contributed by atoms with van der Waals surface area (Å²) < 4.78 is 11.0. The molecule has 0 fully saturated rings. The fraction of sp³-hybridized carbons (Fsp3) is 0.438. The largest absolute Gasteiger partial charge is 0.493 e. The summed E-state index contributed by atoms with van der Waals surface area (Å²) in [5.74, 6) is 1.23. The Morgan fingerprint density at radius 2 is 2.26 bits per heavy atom. The molecule has 7 heteroatoms. The van der Waals surface area contributed by atoms with Crippen molar-refractivity contribution in [3.05, 3.63) is 33.8 Å². The third-order valence-electron chi connectivity index (χ3n) is 3.77. The molecule has 0 radical (unpaired) electrons. The first-order valence-corrected chi connectivity index (χ1v) is 8.40. The molecule has 0 saturated carbocycles. The molecule has 1 aliphatic heterocycles. The molecule has 1 aromatic carbocycles. The molecule has 6 nitrogen and oxygen atoms in total. The number of ether oxygens (including phenoxy) is 2.